The Balaban J connectivity index is 0.000000146. The molecule has 1 aromatic carbocycles. The summed E-state index contributed by atoms with van der Waals surface area (Å²) in [6.45, 7) is 3.75. The topological polar surface area (TPSA) is 55.8 Å². The van der Waals surface area contributed by atoms with Gasteiger partial charge in [-0.3, -0.25) is 0 Å². The summed E-state index contributed by atoms with van der Waals surface area (Å²) in [6.07, 6.45) is 3.14. The van der Waals surface area contributed by atoms with E-state index < -0.39 is 9.80 Å². The minimum absolute atomic E-state index is 0.378. The van der Waals surface area contributed by atoms with Crippen molar-refractivity contribution in [3.05, 3.63) is 29.8 Å². The zero-order chi connectivity index (χ0) is 13.9. The van der Waals surface area contributed by atoms with Crippen LogP contribution < -0.4 is 0 Å². The Bertz CT molecular complexity index is 487. The summed E-state index contributed by atoms with van der Waals surface area (Å²) in [4.78, 5) is 0.378. The molecule has 1 N–H and O–H groups in total. The van der Waals surface area contributed by atoms with Gasteiger partial charge in [0.1, 0.15) is 9.80 Å². The molecular formula is C14H20O4S. The van der Waals surface area contributed by atoms with Crippen LogP contribution in [0.4, 0.5) is 0 Å². The first kappa shape index (κ1) is 14.5. The first-order valence-electron chi connectivity index (χ1n) is 6.36. The van der Waals surface area contributed by atoms with E-state index in [9.17, 15) is 4.21 Å². The van der Waals surface area contributed by atoms with Crippen LogP contribution in [0.3, 0.4) is 0 Å². The van der Waals surface area contributed by atoms with Gasteiger partial charge in [0.25, 0.3) is 0 Å². The van der Waals surface area contributed by atoms with Crippen molar-refractivity contribution >= 4 is 15.7 Å². The Labute approximate surface area is 114 Å². The van der Waals surface area contributed by atoms with Gasteiger partial charge in [-0.25, -0.2) is 4.21 Å². The Hall–Kier alpha value is -0.880. The van der Waals surface area contributed by atoms with Crippen molar-refractivity contribution in [1.29, 1.82) is 0 Å². The van der Waals surface area contributed by atoms with Crippen molar-refractivity contribution in [2.75, 3.05) is 13.2 Å². The van der Waals surface area contributed by atoms with Crippen molar-refractivity contribution in [3.63, 3.8) is 0 Å². The number of aryl methyl sites for hydroxylation is 1. The third-order valence-electron chi connectivity index (χ3n) is 3.27. The van der Waals surface area contributed by atoms with Crippen molar-refractivity contribution < 1.29 is 18.2 Å². The van der Waals surface area contributed by atoms with Gasteiger partial charge in [0.05, 0.1) is 17.1 Å². The van der Waals surface area contributed by atoms with Gasteiger partial charge in [-0.2, -0.15) is 0 Å². The van der Waals surface area contributed by atoms with Crippen LogP contribution in [-0.4, -0.2) is 40.1 Å². The van der Waals surface area contributed by atoms with E-state index in [1.54, 1.807) is 24.3 Å². The van der Waals surface area contributed by atoms with Crippen LogP contribution in [0.5, 0.6) is 0 Å². The smallest absolute Gasteiger partial charge is 0.104 e. The van der Waals surface area contributed by atoms with Gasteiger partial charge in [0, 0.05) is 13.2 Å². The van der Waals surface area contributed by atoms with E-state index in [0.717, 1.165) is 31.6 Å². The van der Waals surface area contributed by atoms with Crippen molar-refractivity contribution in [1.82, 2.24) is 0 Å². The van der Waals surface area contributed by atoms with Crippen molar-refractivity contribution in [3.8, 4) is 0 Å². The average molecular weight is 284 g/mol. The molecule has 2 heterocycles. The molecule has 3 rings (SSSR count). The fourth-order valence-corrected chi connectivity index (χ4v) is 2.74. The SMILES string of the molecule is C1C[C@H]2OCC[C@H]2O1.C=S(=O)(O)c1ccc(C)cc1. The molecule has 0 aliphatic carbocycles. The third kappa shape index (κ3) is 4.04. The number of benzene rings is 1. The van der Waals surface area contributed by atoms with Crippen LogP contribution in [0.1, 0.15) is 18.4 Å². The van der Waals surface area contributed by atoms with Crippen LogP contribution >= 0.6 is 0 Å². The summed E-state index contributed by atoms with van der Waals surface area (Å²) >= 11 is 0. The van der Waals surface area contributed by atoms with Gasteiger partial charge in [-0.1, -0.05) is 17.7 Å². The van der Waals surface area contributed by atoms with Crippen molar-refractivity contribution in [2.45, 2.75) is 36.9 Å². The van der Waals surface area contributed by atoms with E-state index in [2.05, 4.69) is 5.87 Å². The quantitative estimate of drug-likeness (QED) is 0.803. The number of rotatable bonds is 1. The Morgan fingerprint density at radius 1 is 1.16 bits per heavy atom. The minimum Gasteiger partial charge on any atom is -0.375 e. The molecule has 2 fully saturated rings. The summed E-state index contributed by atoms with van der Waals surface area (Å²) in [5, 5.41) is 0. The first-order chi connectivity index (χ1) is 8.97. The van der Waals surface area contributed by atoms with E-state index in [1.807, 2.05) is 6.92 Å². The Morgan fingerprint density at radius 3 is 2.05 bits per heavy atom. The molecule has 2 saturated heterocycles. The molecule has 2 aliphatic rings. The molecule has 0 radical (unpaired) electrons. The lowest BCUT2D eigenvalue weighted by molar-refractivity contribution is 0.0732. The molecule has 0 amide bonds. The molecule has 3 atom stereocenters. The highest BCUT2D eigenvalue weighted by Crippen LogP contribution is 2.25. The van der Waals surface area contributed by atoms with E-state index in [0.29, 0.717) is 17.1 Å². The molecule has 5 heteroatoms. The largest absolute Gasteiger partial charge is 0.375 e. The molecule has 0 aromatic heterocycles. The monoisotopic (exact) mass is 284 g/mol. The second kappa shape index (κ2) is 6.05. The van der Waals surface area contributed by atoms with Crippen LogP contribution in [0.15, 0.2) is 29.2 Å². The minimum atomic E-state index is -3.02. The number of hydrogen-bond acceptors (Lipinski definition) is 3. The molecule has 0 bridgehead atoms. The Morgan fingerprint density at radius 2 is 1.63 bits per heavy atom. The van der Waals surface area contributed by atoms with Crippen LogP contribution in [0.2, 0.25) is 0 Å². The highest BCUT2D eigenvalue weighted by atomic mass is 32.2. The summed E-state index contributed by atoms with van der Waals surface area (Å²) < 4.78 is 30.6. The van der Waals surface area contributed by atoms with Gasteiger partial charge in [0.15, 0.2) is 0 Å². The fourth-order valence-electron chi connectivity index (χ4n) is 2.18. The van der Waals surface area contributed by atoms with Crippen LogP contribution in [-0.2, 0) is 19.3 Å². The van der Waals surface area contributed by atoms with Gasteiger partial charge in [-0.05, 0) is 37.8 Å². The summed E-state index contributed by atoms with van der Waals surface area (Å²) in [5.41, 5.74) is 1.07. The normalized spacial score (nSPS) is 28.1. The zero-order valence-corrected chi connectivity index (χ0v) is 11.9. The first-order valence-corrected chi connectivity index (χ1v) is 8.05. The molecule has 0 saturated carbocycles. The summed E-state index contributed by atoms with van der Waals surface area (Å²) in [7, 11) is -3.02. The highest BCUT2D eigenvalue weighted by molar-refractivity contribution is 7.95. The Kier molecular flexibility index (Phi) is 4.62. The summed E-state index contributed by atoms with van der Waals surface area (Å²) in [6, 6.07) is 6.81. The maximum absolute atomic E-state index is 10.9. The lowest BCUT2D eigenvalue weighted by Gasteiger charge is -2.03. The highest BCUT2D eigenvalue weighted by Gasteiger charge is 2.33. The lowest BCUT2D eigenvalue weighted by Crippen LogP contribution is -2.13. The molecule has 0 spiro atoms. The van der Waals surface area contributed by atoms with Gasteiger partial charge < -0.3 is 14.0 Å². The van der Waals surface area contributed by atoms with E-state index in [1.165, 1.54) is 0 Å². The second-order valence-corrected chi connectivity index (χ2v) is 6.60. The fraction of sp³-hybridized carbons (Fsp3) is 0.500. The predicted octanol–water partition coefficient (Wildman–Crippen LogP) is 2.11. The van der Waals surface area contributed by atoms with E-state index in [-0.39, 0.29) is 0 Å². The molecule has 19 heavy (non-hydrogen) atoms. The average Bonchev–Trinajstić information content (AvgIpc) is 2.91. The van der Waals surface area contributed by atoms with Gasteiger partial charge >= 0.3 is 0 Å². The maximum atomic E-state index is 10.9. The maximum Gasteiger partial charge on any atom is 0.104 e. The number of ether oxygens (including phenoxy) is 2. The standard InChI is InChI=1S/C8H10O2S.C6H10O2/c1-7-3-5-8(6-4-7)11(2,9)10;1-3-7-6-2-4-8-5(1)6/h3-6H,2H2,1H3,(H,9,10);5-6H,1-4H2/t;5-,6-/m.1/s1. The van der Waals surface area contributed by atoms with Crippen molar-refractivity contribution in [2.24, 2.45) is 0 Å². The molecule has 4 nitrogen and oxygen atoms in total. The lowest BCUT2D eigenvalue weighted by atomic mass is 10.2. The van der Waals surface area contributed by atoms with Gasteiger partial charge in [-0.15, -0.1) is 0 Å². The molecule has 2 aliphatic heterocycles. The van der Waals surface area contributed by atoms with Gasteiger partial charge in [0.2, 0.25) is 0 Å². The van der Waals surface area contributed by atoms with E-state index in [4.69, 9.17) is 14.0 Å². The molecular weight excluding hydrogens is 264 g/mol. The number of hydrogen-bond donors (Lipinski definition) is 1. The summed E-state index contributed by atoms with van der Waals surface area (Å²) in [5.74, 6) is 3.15. The molecule has 106 valence electrons. The van der Waals surface area contributed by atoms with E-state index >= 15 is 0 Å². The second-order valence-electron chi connectivity index (χ2n) is 4.85. The van der Waals surface area contributed by atoms with Crippen LogP contribution in [0, 0.1) is 6.92 Å². The predicted molar refractivity (Wildman–Crippen MR) is 76.1 cm³/mol. The number of fused-ring (bicyclic) bond motifs is 1. The third-order valence-corrected chi connectivity index (χ3v) is 4.28. The van der Waals surface area contributed by atoms with Crippen LogP contribution in [0.25, 0.3) is 0 Å². The molecule has 1 unspecified atom stereocenters. The zero-order valence-electron chi connectivity index (χ0n) is 11.1. The molecule has 1 aromatic rings.